The Hall–Kier alpha value is -1.62. The van der Waals surface area contributed by atoms with Crippen molar-refractivity contribution in [3.63, 3.8) is 0 Å². The fourth-order valence-corrected chi connectivity index (χ4v) is 2.63. The molecule has 0 radical (unpaired) electrons. The predicted octanol–water partition coefficient (Wildman–Crippen LogP) is 2.67. The summed E-state index contributed by atoms with van der Waals surface area (Å²) in [4.78, 5) is 11.9. The molecule has 2 rings (SSSR count). The fourth-order valence-electron chi connectivity index (χ4n) is 2.63. The number of ether oxygens (including phenoxy) is 1. The maximum Gasteiger partial charge on any atom is 0.327 e. The summed E-state index contributed by atoms with van der Waals surface area (Å²) in [6, 6.07) is 3.51. The smallest absolute Gasteiger partial charge is 0.327 e. The second-order valence-electron chi connectivity index (χ2n) is 5.17. The highest BCUT2D eigenvalue weighted by atomic mass is 19.1. The molecular weight excluding hydrogens is 261 g/mol. The van der Waals surface area contributed by atoms with Crippen molar-refractivity contribution in [1.82, 2.24) is 5.32 Å². The van der Waals surface area contributed by atoms with E-state index in [2.05, 4.69) is 5.32 Å². The third kappa shape index (κ3) is 3.48. The van der Waals surface area contributed by atoms with Crippen molar-refractivity contribution in [2.45, 2.75) is 44.2 Å². The van der Waals surface area contributed by atoms with Crippen LogP contribution in [0.15, 0.2) is 18.2 Å². The highest BCUT2D eigenvalue weighted by Crippen LogP contribution is 2.25. The molecule has 4 nitrogen and oxygen atoms in total. The quantitative estimate of drug-likeness (QED) is 0.833. The van der Waals surface area contributed by atoms with Gasteiger partial charge >= 0.3 is 5.97 Å². The molecule has 0 bridgehead atoms. The Kier molecular flexibility index (Phi) is 4.95. The predicted molar refractivity (Wildman–Crippen MR) is 72.8 cm³/mol. The number of carbonyl (C=O) groups excluding carboxylic acids is 1. The van der Waals surface area contributed by atoms with E-state index in [-0.39, 0.29) is 6.04 Å². The van der Waals surface area contributed by atoms with Crippen LogP contribution in [-0.2, 0) is 9.53 Å². The van der Waals surface area contributed by atoms with Crippen LogP contribution >= 0.6 is 0 Å². The number of carbonyl (C=O) groups is 1. The summed E-state index contributed by atoms with van der Waals surface area (Å²) in [6.45, 7) is 0. The zero-order chi connectivity index (χ0) is 14.5. The Balaban J connectivity index is 2.17. The molecule has 1 unspecified atom stereocenters. The average molecular weight is 281 g/mol. The Labute approximate surface area is 117 Å². The lowest BCUT2D eigenvalue weighted by Crippen LogP contribution is -2.38. The number of nitrogens with one attached hydrogen (secondary N) is 1. The topological polar surface area (TPSA) is 58.6 Å². The van der Waals surface area contributed by atoms with Crippen molar-refractivity contribution in [3.8, 4) is 5.75 Å². The fraction of sp³-hybridized carbons (Fsp3) is 0.533. The van der Waals surface area contributed by atoms with E-state index in [4.69, 9.17) is 4.74 Å². The molecule has 5 heteroatoms. The van der Waals surface area contributed by atoms with Crippen LogP contribution in [0.5, 0.6) is 5.75 Å². The highest BCUT2D eigenvalue weighted by Gasteiger charge is 2.26. The van der Waals surface area contributed by atoms with Gasteiger partial charge < -0.3 is 9.84 Å². The average Bonchev–Trinajstić information content (AvgIpc) is 2.48. The molecular formula is C15H20FNO3. The van der Waals surface area contributed by atoms with Gasteiger partial charge in [-0.05, 0) is 30.5 Å². The third-order valence-corrected chi connectivity index (χ3v) is 3.75. The lowest BCUT2D eigenvalue weighted by Gasteiger charge is -2.27. The number of rotatable bonds is 4. The summed E-state index contributed by atoms with van der Waals surface area (Å²) >= 11 is 0. The van der Waals surface area contributed by atoms with Gasteiger partial charge in [-0.25, -0.2) is 9.18 Å². The molecule has 2 N–H and O–H groups in total. The van der Waals surface area contributed by atoms with E-state index < -0.39 is 23.6 Å². The van der Waals surface area contributed by atoms with Crippen LogP contribution in [0.1, 0.15) is 43.7 Å². The van der Waals surface area contributed by atoms with E-state index >= 15 is 0 Å². The van der Waals surface area contributed by atoms with Crippen molar-refractivity contribution in [2.75, 3.05) is 7.11 Å². The van der Waals surface area contributed by atoms with Crippen LogP contribution in [0, 0.1) is 5.82 Å². The van der Waals surface area contributed by atoms with E-state index in [1.807, 2.05) is 0 Å². The molecule has 0 amide bonds. The molecule has 1 saturated carbocycles. The molecule has 1 aromatic rings. The Morgan fingerprint density at radius 1 is 1.40 bits per heavy atom. The van der Waals surface area contributed by atoms with Crippen LogP contribution in [0.4, 0.5) is 4.39 Å². The molecule has 1 aromatic carbocycles. The van der Waals surface area contributed by atoms with Gasteiger partial charge in [0.15, 0.2) is 11.6 Å². The molecule has 0 heterocycles. The van der Waals surface area contributed by atoms with Gasteiger partial charge in [0, 0.05) is 6.04 Å². The Morgan fingerprint density at radius 3 is 2.70 bits per heavy atom. The summed E-state index contributed by atoms with van der Waals surface area (Å²) in [7, 11) is 1.31. The molecule has 1 aliphatic rings. The van der Waals surface area contributed by atoms with Gasteiger partial charge in [0.25, 0.3) is 0 Å². The molecule has 0 spiro atoms. The minimum Gasteiger partial charge on any atom is -0.505 e. The van der Waals surface area contributed by atoms with E-state index in [1.165, 1.54) is 31.7 Å². The first-order valence-corrected chi connectivity index (χ1v) is 6.94. The second-order valence-corrected chi connectivity index (χ2v) is 5.17. The number of benzene rings is 1. The number of methoxy groups -OCH3 is 1. The summed E-state index contributed by atoms with van der Waals surface area (Å²) in [5.41, 5.74) is 0.470. The minimum atomic E-state index is -0.734. The maximum absolute atomic E-state index is 13.5. The normalized spacial score (nSPS) is 17.7. The second kappa shape index (κ2) is 6.70. The monoisotopic (exact) mass is 281 g/mol. The van der Waals surface area contributed by atoms with Gasteiger partial charge in [-0.2, -0.15) is 0 Å². The van der Waals surface area contributed by atoms with Crippen LogP contribution < -0.4 is 5.32 Å². The Bertz CT molecular complexity index is 472. The van der Waals surface area contributed by atoms with E-state index in [0.29, 0.717) is 5.56 Å². The number of phenolic OH excluding ortho intramolecular Hbond substituents is 1. The summed E-state index contributed by atoms with van der Waals surface area (Å²) in [6.07, 6.45) is 5.50. The van der Waals surface area contributed by atoms with Crippen molar-refractivity contribution >= 4 is 5.97 Å². The van der Waals surface area contributed by atoms with Crippen molar-refractivity contribution in [1.29, 1.82) is 0 Å². The molecule has 1 aliphatic carbocycles. The van der Waals surface area contributed by atoms with Gasteiger partial charge in [-0.15, -0.1) is 0 Å². The first-order chi connectivity index (χ1) is 9.61. The molecule has 1 atom stereocenters. The Morgan fingerprint density at radius 2 is 2.10 bits per heavy atom. The molecule has 0 aromatic heterocycles. The number of hydrogen-bond acceptors (Lipinski definition) is 4. The van der Waals surface area contributed by atoms with Gasteiger partial charge in [-0.3, -0.25) is 5.32 Å². The highest BCUT2D eigenvalue weighted by molar-refractivity contribution is 5.77. The summed E-state index contributed by atoms with van der Waals surface area (Å²) in [5.74, 6) is -1.60. The SMILES string of the molecule is COC(=O)C(NC1CCCCC1)c1ccc(O)c(F)c1. The lowest BCUT2D eigenvalue weighted by atomic mass is 9.94. The molecule has 20 heavy (non-hydrogen) atoms. The first kappa shape index (κ1) is 14.8. The number of esters is 1. The van der Waals surface area contributed by atoms with Crippen molar-refractivity contribution in [3.05, 3.63) is 29.6 Å². The van der Waals surface area contributed by atoms with E-state index in [0.717, 1.165) is 25.7 Å². The minimum absolute atomic E-state index is 0.240. The first-order valence-electron chi connectivity index (χ1n) is 6.94. The number of aromatic hydroxyl groups is 1. The third-order valence-electron chi connectivity index (χ3n) is 3.75. The lowest BCUT2D eigenvalue weighted by molar-refractivity contribution is -0.143. The van der Waals surface area contributed by atoms with Crippen molar-refractivity contribution < 1.29 is 19.0 Å². The van der Waals surface area contributed by atoms with Gasteiger partial charge in [0.2, 0.25) is 0 Å². The van der Waals surface area contributed by atoms with Gasteiger partial charge in [0.05, 0.1) is 7.11 Å². The summed E-state index contributed by atoms with van der Waals surface area (Å²) < 4.78 is 18.2. The maximum atomic E-state index is 13.5. The van der Waals surface area contributed by atoms with Crippen LogP contribution in [0.3, 0.4) is 0 Å². The van der Waals surface area contributed by atoms with Crippen LogP contribution in [-0.4, -0.2) is 24.2 Å². The number of phenols is 1. The zero-order valence-corrected chi connectivity index (χ0v) is 11.6. The number of halogens is 1. The van der Waals surface area contributed by atoms with Gasteiger partial charge in [-0.1, -0.05) is 25.3 Å². The molecule has 1 fully saturated rings. The molecule has 0 saturated heterocycles. The van der Waals surface area contributed by atoms with E-state index in [9.17, 15) is 14.3 Å². The van der Waals surface area contributed by atoms with Gasteiger partial charge in [0.1, 0.15) is 6.04 Å². The largest absolute Gasteiger partial charge is 0.505 e. The van der Waals surface area contributed by atoms with Crippen LogP contribution in [0.2, 0.25) is 0 Å². The molecule has 0 aliphatic heterocycles. The summed E-state index contributed by atoms with van der Waals surface area (Å²) in [5, 5.41) is 12.5. The number of hydrogen-bond donors (Lipinski definition) is 2. The standard InChI is InChI=1S/C15H20FNO3/c1-20-15(19)14(17-11-5-3-2-4-6-11)10-7-8-13(18)12(16)9-10/h7-9,11,14,17-18H,2-6H2,1H3. The van der Waals surface area contributed by atoms with Crippen LogP contribution in [0.25, 0.3) is 0 Å². The molecule has 110 valence electrons. The van der Waals surface area contributed by atoms with E-state index in [1.54, 1.807) is 0 Å². The zero-order valence-electron chi connectivity index (χ0n) is 11.6. The van der Waals surface area contributed by atoms with Crippen molar-refractivity contribution in [2.24, 2.45) is 0 Å².